The second-order valence-corrected chi connectivity index (χ2v) is 5.21. The van der Waals surface area contributed by atoms with Crippen LogP contribution in [0.3, 0.4) is 0 Å². The van der Waals surface area contributed by atoms with Crippen LogP contribution < -0.4 is 4.74 Å². The summed E-state index contributed by atoms with van der Waals surface area (Å²) in [7, 11) is 1.63. The van der Waals surface area contributed by atoms with Gasteiger partial charge >= 0.3 is 0 Å². The van der Waals surface area contributed by atoms with Crippen molar-refractivity contribution >= 4 is 11.6 Å². The average Bonchev–Trinajstić information content (AvgIpc) is 2.30. The number of hydrogen-bond donors (Lipinski definition) is 0. The van der Waals surface area contributed by atoms with Gasteiger partial charge in [0.05, 0.1) is 18.6 Å². The van der Waals surface area contributed by atoms with Crippen LogP contribution in [0.5, 0.6) is 5.75 Å². The van der Waals surface area contributed by atoms with Gasteiger partial charge in [-0.3, -0.25) is 0 Å². The van der Waals surface area contributed by atoms with Crippen LogP contribution in [0, 0.1) is 32.1 Å². The lowest BCUT2D eigenvalue weighted by Gasteiger charge is -2.25. The number of methoxy groups -OCH3 is 1. The third-order valence-electron chi connectivity index (χ3n) is 3.27. The summed E-state index contributed by atoms with van der Waals surface area (Å²) in [6.45, 7) is 9.63. The highest BCUT2D eigenvalue weighted by atomic mass is 35.5. The van der Waals surface area contributed by atoms with E-state index in [0.717, 1.165) is 33.0 Å². The van der Waals surface area contributed by atoms with Gasteiger partial charge in [-0.2, -0.15) is 5.26 Å². The van der Waals surface area contributed by atoms with Gasteiger partial charge in [0.25, 0.3) is 0 Å². The summed E-state index contributed by atoms with van der Waals surface area (Å²) in [6, 6.07) is 2.31. The highest BCUT2D eigenvalue weighted by Gasteiger charge is 2.29. The Bertz CT molecular complexity index is 498. The minimum atomic E-state index is -0.614. The molecule has 0 spiro atoms. The molecule has 3 heteroatoms. The number of nitriles is 1. The maximum atomic E-state index is 9.29. The van der Waals surface area contributed by atoms with E-state index >= 15 is 0 Å². The normalized spacial score (nSPS) is 11.2. The molecule has 0 unspecified atom stereocenters. The molecule has 0 amide bonds. The van der Waals surface area contributed by atoms with E-state index in [9.17, 15) is 5.26 Å². The lowest BCUT2D eigenvalue weighted by Crippen LogP contribution is -2.18. The quantitative estimate of drug-likeness (QED) is 0.794. The van der Waals surface area contributed by atoms with Gasteiger partial charge in [-0.15, -0.1) is 0 Å². The molecule has 0 fully saturated rings. The van der Waals surface area contributed by atoms with Crippen LogP contribution in [0.4, 0.5) is 0 Å². The molecule has 0 radical (unpaired) electrons. The predicted molar refractivity (Wildman–Crippen MR) is 70.9 cm³/mol. The first kappa shape index (κ1) is 13.9. The van der Waals surface area contributed by atoms with Gasteiger partial charge in [-0.05, 0) is 51.3 Å². The molecule has 0 aliphatic heterocycles. The molecule has 0 aliphatic carbocycles. The molecule has 0 saturated carbocycles. The Kier molecular flexibility index (Phi) is 3.74. The molecule has 0 saturated heterocycles. The average molecular weight is 252 g/mol. The van der Waals surface area contributed by atoms with Crippen molar-refractivity contribution in [3.63, 3.8) is 0 Å². The minimum absolute atomic E-state index is 0.614. The topological polar surface area (TPSA) is 33.0 Å². The fraction of sp³-hybridized carbons (Fsp3) is 0.500. The highest BCUT2D eigenvalue weighted by molar-refractivity contribution is 6.32. The third-order valence-corrected chi connectivity index (χ3v) is 3.84. The first-order valence-electron chi connectivity index (χ1n) is 5.52. The van der Waals surface area contributed by atoms with Crippen molar-refractivity contribution in [3.8, 4) is 11.8 Å². The van der Waals surface area contributed by atoms with E-state index in [4.69, 9.17) is 16.3 Å². The monoisotopic (exact) mass is 251 g/mol. The van der Waals surface area contributed by atoms with E-state index in [1.54, 1.807) is 7.11 Å². The molecule has 17 heavy (non-hydrogen) atoms. The summed E-state index contributed by atoms with van der Waals surface area (Å²) < 4.78 is 5.47. The fourth-order valence-corrected chi connectivity index (χ4v) is 2.38. The Morgan fingerprint density at radius 1 is 1.12 bits per heavy atom. The van der Waals surface area contributed by atoms with Crippen LogP contribution in [0.25, 0.3) is 0 Å². The van der Waals surface area contributed by atoms with Crippen LogP contribution in [0.2, 0.25) is 5.02 Å². The second-order valence-electron chi connectivity index (χ2n) is 4.83. The molecule has 0 aliphatic rings. The van der Waals surface area contributed by atoms with Gasteiger partial charge in [0, 0.05) is 10.6 Å². The van der Waals surface area contributed by atoms with Gasteiger partial charge in [0.1, 0.15) is 5.75 Å². The second kappa shape index (κ2) is 4.58. The lowest BCUT2D eigenvalue weighted by molar-refractivity contribution is 0.398. The first-order valence-corrected chi connectivity index (χ1v) is 5.90. The van der Waals surface area contributed by atoms with Crippen LogP contribution in [0.1, 0.15) is 36.1 Å². The van der Waals surface area contributed by atoms with Crippen molar-refractivity contribution in [1.29, 1.82) is 5.26 Å². The summed E-state index contributed by atoms with van der Waals surface area (Å²) in [5.41, 5.74) is 3.21. The number of rotatable bonds is 2. The van der Waals surface area contributed by atoms with Crippen LogP contribution in [-0.2, 0) is 5.41 Å². The van der Waals surface area contributed by atoms with Gasteiger partial charge in [-0.1, -0.05) is 11.6 Å². The number of benzene rings is 1. The number of ether oxygens (including phenoxy) is 1. The van der Waals surface area contributed by atoms with Crippen molar-refractivity contribution in [2.24, 2.45) is 0 Å². The lowest BCUT2D eigenvalue weighted by atomic mass is 9.80. The SMILES string of the molecule is COc1c(C)c(C)c(Cl)c(C)c1C(C)(C)C#N. The Morgan fingerprint density at radius 3 is 2.06 bits per heavy atom. The van der Waals surface area contributed by atoms with E-state index < -0.39 is 5.41 Å². The zero-order valence-corrected chi connectivity index (χ0v) is 12.0. The fourth-order valence-electron chi connectivity index (χ4n) is 2.15. The molecule has 0 heterocycles. The summed E-state index contributed by atoms with van der Waals surface area (Å²) in [5, 5.41) is 10.0. The third kappa shape index (κ3) is 2.12. The molecule has 1 rings (SSSR count). The van der Waals surface area contributed by atoms with Gasteiger partial charge in [0.15, 0.2) is 0 Å². The zero-order valence-electron chi connectivity index (χ0n) is 11.2. The summed E-state index contributed by atoms with van der Waals surface area (Å²) in [4.78, 5) is 0. The molecular formula is C14H18ClNO. The van der Waals surface area contributed by atoms with Crippen LogP contribution in [0.15, 0.2) is 0 Å². The molecule has 1 aromatic rings. The van der Waals surface area contributed by atoms with Crippen molar-refractivity contribution in [2.45, 2.75) is 40.0 Å². The van der Waals surface area contributed by atoms with Crippen molar-refractivity contribution in [2.75, 3.05) is 7.11 Å². The first-order chi connectivity index (χ1) is 7.77. The van der Waals surface area contributed by atoms with E-state index in [1.165, 1.54) is 0 Å². The van der Waals surface area contributed by atoms with Crippen LogP contribution in [-0.4, -0.2) is 7.11 Å². The van der Waals surface area contributed by atoms with E-state index in [1.807, 2.05) is 34.6 Å². The van der Waals surface area contributed by atoms with Crippen molar-refractivity contribution < 1.29 is 4.74 Å². The Labute approximate surface area is 108 Å². The van der Waals surface area contributed by atoms with Crippen LogP contribution >= 0.6 is 11.6 Å². The molecule has 0 N–H and O–H groups in total. The van der Waals surface area contributed by atoms with Gasteiger partial charge < -0.3 is 4.74 Å². The Morgan fingerprint density at radius 2 is 1.65 bits per heavy atom. The maximum absolute atomic E-state index is 9.29. The maximum Gasteiger partial charge on any atom is 0.127 e. The molecule has 0 atom stereocenters. The molecule has 2 nitrogen and oxygen atoms in total. The Balaban J connectivity index is 3.78. The largest absolute Gasteiger partial charge is 0.496 e. The number of halogens is 1. The Hall–Kier alpha value is -1.20. The van der Waals surface area contributed by atoms with Crippen molar-refractivity contribution in [3.05, 3.63) is 27.3 Å². The van der Waals surface area contributed by atoms with Gasteiger partial charge in [0.2, 0.25) is 0 Å². The summed E-state index contributed by atoms with van der Waals surface area (Å²) >= 11 is 6.32. The zero-order chi connectivity index (χ0) is 13.4. The summed E-state index contributed by atoms with van der Waals surface area (Å²) in [5.74, 6) is 0.774. The number of hydrogen-bond acceptors (Lipinski definition) is 2. The standard InChI is InChI=1S/C14H18ClNO/c1-8-9(2)13(17-6)11(10(3)12(8)15)14(4,5)7-16/h1-6H3. The minimum Gasteiger partial charge on any atom is -0.496 e. The molecule has 1 aromatic carbocycles. The molecule has 92 valence electrons. The predicted octanol–water partition coefficient (Wildman–Crippen LogP) is 4.08. The number of nitrogens with zero attached hydrogens (tertiary/aromatic N) is 1. The van der Waals surface area contributed by atoms with Crippen molar-refractivity contribution in [1.82, 2.24) is 0 Å². The van der Waals surface area contributed by atoms with E-state index in [0.29, 0.717) is 0 Å². The van der Waals surface area contributed by atoms with E-state index in [-0.39, 0.29) is 0 Å². The van der Waals surface area contributed by atoms with Gasteiger partial charge in [-0.25, -0.2) is 0 Å². The molecular weight excluding hydrogens is 234 g/mol. The molecule has 0 aromatic heterocycles. The highest BCUT2D eigenvalue weighted by Crippen LogP contribution is 2.41. The van der Waals surface area contributed by atoms with E-state index in [2.05, 4.69) is 6.07 Å². The smallest absolute Gasteiger partial charge is 0.127 e. The summed E-state index contributed by atoms with van der Waals surface area (Å²) in [6.07, 6.45) is 0. The molecule has 0 bridgehead atoms.